The van der Waals surface area contributed by atoms with Crippen LogP contribution >= 0.6 is 0 Å². The van der Waals surface area contributed by atoms with Crippen LogP contribution in [0, 0.1) is 24.2 Å². The van der Waals surface area contributed by atoms with Crippen molar-refractivity contribution in [1.29, 1.82) is 0 Å². The number of pyridine rings is 1. The largest absolute Gasteiger partial charge is 0.348 e. The van der Waals surface area contributed by atoms with Crippen molar-refractivity contribution in [2.24, 2.45) is 11.8 Å². The molecule has 2 unspecified atom stereocenters. The third-order valence-corrected chi connectivity index (χ3v) is 8.95. The van der Waals surface area contributed by atoms with Crippen molar-refractivity contribution in [3.63, 3.8) is 0 Å². The fourth-order valence-electron chi connectivity index (χ4n) is 4.98. The summed E-state index contributed by atoms with van der Waals surface area (Å²) in [6.45, 7) is 31.1. The molecular formula is C53H81F2N5O2. The van der Waals surface area contributed by atoms with E-state index in [1.165, 1.54) is 29.3 Å². The first kappa shape index (κ1) is 59.0. The van der Waals surface area contributed by atoms with Crippen LogP contribution in [0.2, 0.25) is 0 Å². The second-order valence-corrected chi connectivity index (χ2v) is 15.6. The van der Waals surface area contributed by atoms with E-state index in [4.69, 9.17) is 6.42 Å². The molecule has 1 saturated carbocycles. The Balaban J connectivity index is 0. The zero-order chi connectivity index (χ0) is 47.7. The maximum Gasteiger partial charge on any atom is 0.273 e. The van der Waals surface area contributed by atoms with Crippen LogP contribution in [0.15, 0.2) is 90.9 Å². The highest BCUT2D eigenvalue weighted by Gasteiger charge is 2.34. The molecule has 2 heterocycles. The molecule has 1 aliphatic rings. The number of carbonyl (C=O) groups excluding carboxylic acids is 2. The van der Waals surface area contributed by atoms with Crippen LogP contribution in [-0.4, -0.2) is 38.2 Å². The van der Waals surface area contributed by atoms with Crippen LogP contribution in [0.1, 0.15) is 147 Å². The van der Waals surface area contributed by atoms with Gasteiger partial charge in [-0.1, -0.05) is 147 Å². The molecule has 4 rings (SSSR count). The van der Waals surface area contributed by atoms with Crippen LogP contribution in [0.4, 0.5) is 8.78 Å². The number of aromatic nitrogens is 3. The predicted octanol–water partition coefficient (Wildman–Crippen LogP) is 12.1. The van der Waals surface area contributed by atoms with Crippen molar-refractivity contribution in [3.05, 3.63) is 107 Å². The number of carbonyl (C=O) groups is 2. The van der Waals surface area contributed by atoms with E-state index in [0.717, 1.165) is 66.4 Å². The first-order valence-electron chi connectivity index (χ1n) is 22.4. The second kappa shape index (κ2) is 33.5. The third-order valence-electron chi connectivity index (χ3n) is 8.95. The van der Waals surface area contributed by atoms with Crippen LogP contribution < -0.4 is 21.2 Å². The third kappa shape index (κ3) is 27.0. The minimum Gasteiger partial charge on any atom is -0.348 e. The first-order chi connectivity index (χ1) is 29.4. The molecule has 0 spiro atoms. The van der Waals surface area contributed by atoms with Gasteiger partial charge in [0.15, 0.2) is 0 Å². The van der Waals surface area contributed by atoms with E-state index >= 15 is 0 Å². The van der Waals surface area contributed by atoms with Gasteiger partial charge in [0.2, 0.25) is 11.8 Å². The summed E-state index contributed by atoms with van der Waals surface area (Å²) in [5.41, 5.74) is 2.41. The number of nitrogens with one attached hydrogen (secondary N) is 2. The van der Waals surface area contributed by atoms with E-state index in [0.29, 0.717) is 6.42 Å². The molecule has 2 aromatic heterocycles. The van der Waals surface area contributed by atoms with Crippen molar-refractivity contribution in [3.8, 4) is 23.5 Å². The molecule has 1 aliphatic carbocycles. The predicted molar refractivity (Wildman–Crippen MR) is 262 cm³/mol. The van der Waals surface area contributed by atoms with Gasteiger partial charge in [-0.25, -0.2) is 8.78 Å². The minimum absolute atomic E-state index is 0.00688. The first-order valence-corrected chi connectivity index (χ1v) is 22.4. The molecule has 62 heavy (non-hydrogen) atoms. The van der Waals surface area contributed by atoms with Gasteiger partial charge in [-0.15, -0.1) is 12.3 Å². The molecule has 0 bridgehead atoms. The van der Waals surface area contributed by atoms with Gasteiger partial charge in [0.25, 0.3) is 5.92 Å². The number of amides is 2. The summed E-state index contributed by atoms with van der Waals surface area (Å²) in [5, 5.41) is 11.7. The zero-order valence-corrected chi connectivity index (χ0v) is 40.7. The number of allylic oxidation sites excluding steroid dienone is 5. The van der Waals surface area contributed by atoms with Gasteiger partial charge in [-0.3, -0.25) is 19.3 Å². The summed E-state index contributed by atoms with van der Waals surface area (Å²) in [6, 6.07) is 11.7. The fourth-order valence-corrected chi connectivity index (χ4v) is 4.98. The maximum absolute atomic E-state index is 13.4. The average Bonchev–Trinajstić information content (AvgIpc) is 4.01. The van der Waals surface area contributed by atoms with Crippen molar-refractivity contribution in [1.82, 2.24) is 25.4 Å². The number of hydrogen-bond donors (Lipinski definition) is 2. The number of alkyl halides is 2. The SMILES string of the molecule is C#CCC.C/C=C(\C)CC(NC(=O)C1CC1)C(=O)NC(C)(C)Cn1cc(C(C)(F)F)cn1.C=c1ncc(-c2ccccc2)c/c1=C/C.CC.CC/C=C/C=C\C(C)CC.CCC. The molecule has 2 amide bonds. The number of halogens is 2. The Labute approximate surface area is 375 Å². The molecule has 0 aliphatic heterocycles. The van der Waals surface area contributed by atoms with Crippen LogP contribution in [0.25, 0.3) is 23.8 Å². The Bertz CT molecular complexity index is 1910. The highest BCUT2D eigenvalue weighted by Crippen LogP contribution is 2.29. The fraction of sp³-hybridized carbons (Fsp3) is 0.509. The zero-order valence-electron chi connectivity index (χ0n) is 40.7. The van der Waals surface area contributed by atoms with Gasteiger partial charge in [-0.05, 0) is 83.1 Å². The molecule has 344 valence electrons. The molecule has 0 radical (unpaired) electrons. The van der Waals surface area contributed by atoms with E-state index in [-0.39, 0.29) is 29.8 Å². The monoisotopic (exact) mass is 858 g/mol. The topological polar surface area (TPSA) is 88.9 Å². The van der Waals surface area contributed by atoms with E-state index in [1.807, 2.05) is 78.1 Å². The Kier molecular flexibility index (Phi) is 31.9. The number of hydrogen-bond acceptors (Lipinski definition) is 4. The highest BCUT2D eigenvalue weighted by molar-refractivity contribution is 5.89. The van der Waals surface area contributed by atoms with Crippen LogP contribution in [-0.2, 0) is 22.1 Å². The van der Waals surface area contributed by atoms with Gasteiger partial charge in [0.1, 0.15) is 6.04 Å². The average molecular weight is 858 g/mol. The van der Waals surface area contributed by atoms with Gasteiger partial charge < -0.3 is 10.6 Å². The summed E-state index contributed by atoms with van der Waals surface area (Å²) in [4.78, 5) is 29.3. The number of benzene rings is 1. The molecule has 0 saturated heterocycles. The Morgan fingerprint density at radius 2 is 1.61 bits per heavy atom. The lowest BCUT2D eigenvalue weighted by atomic mass is 10.0. The maximum atomic E-state index is 13.4. The molecule has 1 aromatic carbocycles. The van der Waals surface area contributed by atoms with E-state index in [1.54, 1.807) is 13.8 Å². The molecule has 7 nitrogen and oxygen atoms in total. The highest BCUT2D eigenvalue weighted by atomic mass is 19.3. The van der Waals surface area contributed by atoms with Crippen LogP contribution in [0.5, 0.6) is 0 Å². The van der Waals surface area contributed by atoms with Gasteiger partial charge >= 0.3 is 0 Å². The van der Waals surface area contributed by atoms with Gasteiger partial charge in [0, 0.05) is 37.2 Å². The van der Waals surface area contributed by atoms with Crippen molar-refractivity contribution < 1.29 is 18.4 Å². The summed E-state index contributed by atoms with van der Waals surface area (Å²) < 4.78 is 28.2. The van der Waals surface area contributed by atoms with Crippen molar-refractivity contribution >= 4 is 24.5 Å². The smallest absolute Gasteiger partial charge is 0.273 e. The lowest BCUT2D eigenvalue weighted by Gasteiger charge is -2.29. The van der Waals surface area contributed by atoms with E-state index in [2.05, 4.69) is 110 Å². The normalized spacial score (nSPS) is 13.5. The molecule has 1 fully saturated rings. The van der Waals surface area contributed by atoms with Gasteiger partial charge in [0.05, 0.1) is 29.2 Å². The standard InChI is InChI=1S/C20H30F2N4O2.C14H13N.C10H18.C4H6.C3H8.C2H6/c1-6-13(2)9-16(24-17(27)14-7-8-14)18(28)25-19(3,4)12-26-11-15(10-23-26)20(5,21)22;1-3-12-9-14(10-15-11(12)2)13-7-5-4-6-8-13;1-4-6-7-8-9-10(3)5-2;1-3-4-2;1-3-2;1-2/h6,10-11,14,16H,7-9,12H2,1-5H3,(H,24,27)(H,25,28);3-10H,2H2,1H3;6-10H,4-5H2,1-3H3;1H,4H2,2H3;3H2,1-2H3;1-2H3/b13-6+;12-3-;7-6+,9-8-;;;. The van der Waals surface area contributed by atoms with Crippen LogP contribution in [0.3, 0.4) is 0 Å². The molecule has 2 N–H and O–H groups in total. The minimum atomic E-state index is -2.96. The Hall–Kier alpha value is -5.10. The lowest BCUT2D eigenvalue weighted by molar-refractivity contribution is -0.130. The summed E-state index contributed by atoms with van der Waals surface area (Å²) >= 11 is 0. The summed E-state index contributed by atoms with van der Waals surface area (Å²) in [7, 11) is 0. The molecule has 3 aromatic rings. The Morgan fingerprint density at radius 1 is 1.02 bits per heavy atom. The van der Waals surface area contributed by atoms with Crippen molar-refractivity contribution in [2.75, 3.05) is 0 Å². The second-order valence-electron chi connectivity index (χ2n) is 15.6. The summed E-state index contributed by atoms with van der Waals surface area (Å²) in [6.07, 6.45) is 28.3. The van der Waals surface area contributed by atoms with Gasteiger partial charge in [-0.2, -0.15) is 5.10 Å². The Morgan fingerprint density at radius 3 is 2.08 bits per heavy atom. The molecule has 9 heteroatoms. The van der Waals surface area contributed by atoms with E-state index < -0.39 is 17.5 Å². The quantitative estimate of drug-likeness (QED) is 0.0960. The van der Waals surface area contributed by atoms with E-state index in [9.17, 15) is 18.4 Å². The number of nitrogens with zero attached hydrogens (tertiary/aromatic N) is 3. The number of rotatable bonds is 14. The molecular weight excluding hydrogens is 777 g/mol. The van der Waals surface area contributed by atoms with Crippen molar-refractivity contribution in [2.45, 2.75) is 166 Å². The summed E-state index contributed by atoms with van der Waals surface area (Å²) in [5.74, 6) is -0.195. The molecule has 2 atom stereocenters. The lowest BCUT2D eigenvalue weighted by Crippen LogP contribution is -2.55. The number of terminal acetylenes is 1.